The van der Waals surface area contributed by atoms with Crippen LogP contribution in [0.15, 0.2) is 0 Å². The molecule has 0 aliphatic carbocycles. The van der Waals surface area contributed by atoms with E-state index >= 15 is 0 Å². The van der Waals surface area contributed by atoms with E-state index in [0.29, 0.717) is 6.42 Å². The second-order valence-corrected chi connectivity index (χ2v) is 5.69. The van der Waals surface area contributed by atoms with E-state index in [9.17, 15) is 27.7 Å². The first-order chi connectivity index (χ1) is 8.79. The maximum Gasteiger partial charge on any atom is 1.00 e. The van der Waals surface area contributed by atoms with Crippen LogP contribution in [0.1, 0.15) is 45.4 Å². The molecule has 0 aromatic heterocycles. The molecule has 0 aromatic carbocycles. The van der Waals surface area contributed by atoms with E-state index in [2.05, 4.69) is 4.74 Å². The van der Waals surface area contributed by atoms with Gasteiger partial charge in [0, 0.05) is 12.4 Å². The molecule has 0 bridgehead atoms. The number of hydrogen-bond donors (Lipinski definition) is 0. The van der Waals surface area contributed by atoms with Crippen LogP contribution in [0.2, 0.25) is 0 Å². The molecule has 0 aliphatic rings. The summed E-state index contributed by atoms with van der Waals surface area (Å²) in [6, 6.07) is 0. The molecule has 0 aromatic rings. The number of hydrogen-bond acceptors (Lipinski definition) is 7. The number of ether oxygens (including phenoxy) is 1. The van der Waals surface area contributed by atoms with Gasteiger partial charge in [0.05, 0.1) is 6.61 Å². The summed E-state index contributed by atoms with van der Waals surface area (Å²) in [5, 5.41) is 8.06. The van der Waals surface area contributed by atoms with Crippen LogP contribution in [0, 0.1) is 0 Å². The van der Waals surface area contributed by atoms with Gasteiger partial charge in [-0.3, -0.25) is 4.79 Å². The minimum absolute atomic E-state index is 0. The van der Waals surface area contributed by atoms with Gasteiger partial charge in [0.1, 0.15) is 10.1 Å². The maximum atomic E-state index is 11.3. The molecule has 1 unspecified atom stereocenters. The molecular formula is C11H18Na2O7S. The number of carbonyl (C=O) groups excluding carboxylic acids is 2. The average Bonchev–Trinajstić information content (AvgIpc) is 2.28. The van der Waals surface area contributed by atoms with Crippen LogP contribution in [0.5, 0.6) is 0 Å². The molecule has 0 rings (SSSR count). The van der Waals surface area contributed by atoms with Crippen LogP contribution in [0.25, 0.3) is 0 Å². The number of carbonyl (C=O) groups is 2. The van der Waals surface area contributed by atoms with Gasteiger partial charge < -0.3 is 19.2 Å². The molecule has 0 fully saturated rings. The molecule has 7 nitrogen and oxygen atoms in total. The van der Waals surface area contributed by atoms with Crippen LogP contribution in [-0.2, 0) is 24.4 Å². The number of aliphatic carboxylic acids is 1. The normalized spacial score (nSPS) is 11.7. The third kappa shape index (κ3) is 14.2. The average molecular weight is 340 g/mol. The topological polar surface area (TPSA) is 124 Å². The molecule has 1 atom stereocenters. The minimum atomic E-state index is -5.06. The predicted octanol–water partition coefficient (Wildman–Crippen LogP) is -6.44. The van der Waals surface area contributed by atoms with Gasteiger partial charge in [0.15, 0.2) is 5.25 Å². The Balaban J connectivity index is -0.00000162. The zero-order chi connectivity index (χ0) is 14.9. The van der Waals surface area contributed by atoms with Crippen molar-refractivity contribution in [2.24, 2.45) is 0 Å². The van der Waals surface area contributed by atoms with Gasteiger partial charge in [0.25, 0.3) is 0 Å². The Hall–Kier alpha value is 0.850. The Kier molecular flexibility index (Phi) is 18.4. The van der Waals surface area contributed by atoms with E-state index in [1.165, 1.54) is 0 Å². The predicted molar refractivity (Wildman–Crippen MR) is 62.8 cm³/mol. The molecule has 10 heteroatoms. The molecule has 112 valence electrons. The van der Waals surface area contributed by atoms with Crippen molar-refractivity contribution < 1.29 is 91.5 Å². The van der Waals surface area contributed by atoms with Crippen molar-refractivity contribution in [1.29, 1.82) is 0 Å². The van der Waals surface area contributed by atoms with Crippen LogP contribution < -0.4 is 64.2 Å². The van der Waals surface area contributed by atoms with Crippen LogP contribution in [-0.4, -0.2) is 36.8 Å². The summed E-state index contributed by atoms with van der Waals surface area (Å²) in [4.78, 5) is 21.6. The maximum absolute atomic E-state index is 11.3. The van der Waals surface area contributed by atoms with Crippen molar-refractivity contribution in [2.45, 2.75) is 50.7 Å². The summed E-state index contributed by atoms with van der Waals surface area (Å²) in [5.74, 6) is -3.11. The Morgan fingerprint density at radius 3 is 2.05 bits per heavy atom. The molecule has 0 heterocycles. The number of carboxylic acids is 1. The third-order valence-corrected chi connectivity index (χ3v) is 3.51. The first-order valence-corrected chi connectivity index (χ1v) is 7.57. The van der Waals surface area contributed by atoms with E-state index in [0.717, 1.165) is 25.7 Å². The van der Waals surface area contributed by atoms with Crippen LogP contribution in [0.4, 0.5) is 0 Å². The molecule has 0 N–H and O–H groups in total. The molecular weight excluding hydrogens is 322 g/mol. The Labute approximate surface area is 169 Å². The molecule has 0 saturated heterocycles. The first kappa shape index (κ1) is 26.7. The third-order valence-electron chi connectivity index (χ3n) is 2.46. The van der Waals surface area contributed by atoms with Crippen LogP contribution >= 0.6 is 0 Å². The largest absolute Gasteiger partial charge is 1.00 e. The van der Waals surface area contributed by atoms with Crippen molar-refractivity contribution in [3.8, 4) is 0 Å². The zero-order valence-corrected chi connectivity index (χ0v) is 17.6. The van der Waals surface area contributed by atoms with Gasteiger partial charge in [-0.05, 0) is 6.42 Å². The SMILES string of the molecule is CCCCCCCOC(=O)C(CC(=O)[O-])S(=O)(=O)[O-].[Na+].[Na+]. The van der Waals surface area contributed by atoms with Crippen molar-refractivity contribution in [1.82, 2.24) is 0 Å². The smallest absolute Gasteiger partial charge is 0.747 e. The van der Waals surface area contributed by atoms with Crippen molar-refractivity contribution in [3.05, 3.63) is 0 Å². The van der Waals surface area contributed by atoms with Crippen molar-refractivity contribution in [2.75, 3.05) is 6.61 Å². The van der Waals surface area contributed by atoms with Gasteiger partial charge in [-0.2, -0.15) is 0 Å². The fraction of sp³-hybridized carbons (Fsp3) is 0.818. The van der Waals surface area contributed by atoms with Gasteiger partial charge in [-0.15, -0.1) is 0 Å². The van der Waals surface area contributed by atoms with E-state index in [4.69, 9.17) is 0 Å². The number of carboxylic acid groups (broad SMARTS) is 1. The number of unbranched alkanes of at least 4 members (excludes halogenated alkanes) is 4. The van der Waals surface area contributed by atoms with Crippen molar-refractivity contribution >= 4 is 22.1 Å². The zero-order valence-electron chi connectivity index (χ0n) is 12.8. The summed E-state index contributed by atoms with van der Waals surface area (Å²) >= 11 is 0. The Morgan fingerprint density at radius 2 is 1.62 bits per heavy atom. The molecule has 0 spiro atoms. The molecule has 0 aliphatic heterocycles. The fourth-order valence-corrected chi connectivity index (χ4v) is 2.07. The first-order valence-electron chi connectivity index (χ1n) is 6.10. The summed E-state index contributed by atoms with van der Waals surface area (Å²) in [5.41, 5.74) is 0. The molecule has 21 heavy (non-hydrogen) atoms. The van der Waals surface area contributed by atoms with Gasteiger partial charge >= 0.3 is 65.1 Å². The van der Waals surface area contributed by atoms with E-state index in [1.807, 2.05) is 6.92 Å². The molecule has 0 saturated carbocycles. The molecule has 0 amide bonds. The standard InChI is InChI=1S/C11H20O7S.2Na/c1-2-3-4-5-6-7-18-11(14)9(8-10(12)13)19(15,16)17;;/h9H,2-8H2,1H3,(H,12,13)(H,15,16,17);;/q;2*+1/p-2. The molecule has 0 radical (unpaired) electrons. The van der Waals surface area contributed by atoms with Crippen LogP contribution in [0.3, 0.4) is 0 Å². The quantitative estimate of drug-likeness (QED) is 0.168. The summed E-state index contributed by atoms with van der Waals surface area (Å²) in [7, 11) is -5.06. The van der Waals surface area contributed by atoms with E-state index in [1.54, 1.807) is 0 Å². The second-order valence-electron chi connectivity index (χ2n) is 4.14. The minimum Gasteiger partial charge on any atom is -0.747 e. The van der Waals surface area contributed by atoms with E-state index in [-0.39, 0.29) is 65.7 Å². The van der Waals surface area contributed by atoms with Gasteiger partial charge in [-0.1, -0.05) is 32.6 Å². The number of rotatable bonds is 10. The summed E-state index contributed by atoms with van der Waals surface area (Å²) < 4.78 is 36.8. The van der Waals surface area contributed by atoms with E-state index < -0.39 is 33.7 Å². The number of esters is 1. The van der Waals surface area contributed by atoms with Crippen molar-refractivity contribution in [3.63, 3.8) is 0 Å². The van der Waals surface area contributed by atoms with Gasteiger partial charge in [-0.25, -0.2) is 8.42 Å². The Morgan fingerprint density at radius 1 is 1.10 bits per heavy atom. The summed E-state index contributed by atoms with van der Waals surface area (Å²) in [6.07, 6.45) is 3.26. The second kappa shape index (κ2) is 14.4. The van der Waals surface area contributed by atoms with Gasteiger partial charge in [0.2, 0.25) is 0 Å². The summed E-state index contributed by atoms with van der Waals surface area (Å²) in [6.45, 7) is 2.02. The monoisotopic (exact) mass is 340 g/mol. The Bertz CT molecular complexity index is 397. The fourth-order valence-electron chi connectivity index (χ4n) is 1.43.